The number of aromatic amines is 1. The Bertz CT molecular complexity index is 1320. The Hall–Kier alpha value is -3.69. The van der Waals surface area contributed by atoms with Crippen molar-refractivity contribution in [3.05, 3.63) is 60.9 Å². The number of halogens is 3. The molecule has 0 spiro atoms. The molecule has 32 heavy (non-hydrogen) atoms. The van der Waals surface area contributed by atoms with Crippen LogP contribution in [-0.2, 0) is 11.1 Å². The Morgan fingerprint density at radius 3 is 2.56 bits per heavy atom. The Balaban J connectivity index is 1.33. The molecule has 1 saturated carbocycles. The molecule has 1 aliphatic carbocycles. The minimum Gasteiger partial charge on any atom is -0.345 e. The molecule has 1 N–H and O–H groups in total. The summed E-state index contributed by atoms with van der Waals surface area (Å²) in [6.07, 6.45) is 2.72. The third-order valence-electron chi connectivity index (χ3n) is 6.22. The second-order valence-electron chi connectivity index (χ2n) is 8.23. The quantitative estimate of drug-likeness (QED) is 0.479. The topological polar surface area (TPSA) is 79.7 Å². The molecule has 3 aromatic heterocycles. The van der Waals surface area contributed by atoms with E-state index >= 15 is 0 Å². The number of pyridine rings is 1. The first-order chi connectivity index (χ1) is 15.4. The fraction of sp³-hybridized carbons (Fsp3) is 0.273. The summed E-state index contributed by atoms with van der Waals surface area (Å²) in [6, 6.07) is 8.94. The zero-order valence-electron chi connectivity index (χ0n) is 16.6. The standard InChI is InChI=1S/C22H17F3N6O/c23-22(24,25)30-10-14(9-29-30)13-3-5-17(26-8-13)20-19(12-1-2-12)21(32)31(20)15-4-6-16-18(7-15)28-11-27-16/h3-12,19-20H,1-2H2,(H,27,28)/t19?,20-/m0/s1. The Morgan fingerprint density at radius 1 is 1.03 bits per heavy atom. The molecule has 1 unspecified atom stereocenters. The highest BCUT2D eigenvalue weighted by molar-refractivity contribution is 6.04. The van der Waals surface area contributed by atoms with Crippen LogP contribution in [0, 0.1) is 11.8 Å². The average molecular weight is 438 g/mol. The van der Waals surface area contributed by atoms with E-state index in [1.807, 2.05) is 18.2 Å². The molecule has 1 amide bonds. The van der Waals surface area contributed by atoms with Gasteiger partial charge in [-0.05, 0) is 43.0 Å². The zero-order chi connectivity index (χ0) is 22.0. The molecule has 7 nitrogen and oxygen atoms in total. The van der Waals surface area contributed by atoms with Crippen molar-refractivity contribution in [2.45, 2.75) is 25.2 Å². The van der Waals surface area contributed by atoms with Crippen molar-refractivity contribution in [2.75, 3.05) is 4.90 Å². The lowest BCUT2D eigenvalue weighted by molar-refractivity contribution is -0.212. The number of hydrogen-bond donors (Lipinski definition) is 1. The van der Waals surface area contributed by atoms with Crippen LogP contribution in [-0.4, -0.2) is 30.6 Å². The maximum Gasteiger partial charge on any atom is 0.504 e. The molecule has 1 aromatic carbocycles. The molecule has 0 radical (unpaired) electrons. The number of nitrogens with one attached hydrogen (secondary N) is 1. The van der Waals surface area contributed by atoms with Crippen LogP contribution in [0.5, 0.6) is 0 Å². The van der Waals surface area contributed by atoms with Crippen molar-refractivity contribution in [3.8, 4) is 11.1 Å². The van der Waals surface area contributed by atoms with Gasteiger partial charge in [0.15, 0.2) is 0 Å². The summed E-state index contributed by atoms with van der Waals surface area (Å²) < 4.78 is 38.4. The van der Waals surface area contributed by atoms with Gasteiger partial charge in [-0.2, -0.15) is 9.78 Å². The van der Waals surface area contributed by atoms with E-state index in [1.54, 1.807) is 23.4 Å². The number of aromatic nitrogens is 5. The largest absolute Gasteiger partial charge is 0.504 e. The SMILES string of the molecule is O=C1C(C2CC2)[C@H](c2ccc(-c3cnn(C(F)(F)F)c3)cn2)N1c1ccc2nc[nH]c2c1. The zero-order valence-corrected chi connectivity index (χ0v) is 16.6. The van der Waals surface area contributed by atoms with Crippen molar-refractivity contribution in [3.63, 3.8) is 0 Å². The lowest BCUT2D eigenvalue weighted by Crippen LogP contribution is -2.56. The minimum atomic E-state index is -4.56. The third kappa shape index (κ3) is 2.97. The predicted octanol–water partition coefficient (Wildman–Crippen LogP) is 4.41. The molecule has 4 aromatic rings. The van der Waals surface area contributed by atoms with Crippen molar-refractivity contribution in [2.24, 2.45) is 11.8 Å². The van der Waals surface area contributed by atoms with Gasteiger partial charge in [0.1, 0.15) is 0 Å². The molecule has 2 fully saturated rings. The van der Waals surface area contributed by atoms with E-state index in [4.69, 9.17) is 0 Å². The molecule has 6 rings (SSSR count). The fourth-order valence-electron chi connectivity index (χ4n) is 4.47. The normalized spacial score (nSPS) is 21.2. The summed E-state index contributed by atoms with van der Waals surface area (Å²) in [5, 5.41) is 3.38. The number of anilines is 1. The number of fused-ring (bicyclic) bond motifs is 1. The highest BCUT2D eigenvalue weighted by Crippen LogP contribution is 2.53. The van der Waals surface area contributed by atoms with Crippen LogP contribution in [0.1, 0.15) is 24.6 Å². The van der Waals surface area contributed by atoms with Gasteiger partial charge in [0.25, 0.3) is 0 Å². The molecule has 1 saturated heterocycles. The first kappa shape index (κ1) is 19.0. The van der Waals surface area contributed by atoms with Crippen LogP contribution in [0.4, 0.5) is 18.9 Å². The van der Waals surface area contributed by atoms with Gasteiger partial charge >= 0.3 is 6.30 Å². The van der Waals surface area contributed by atoms with Crippen LogP contribution < -0.4 is 4.90 Å². The number of alkyl halides is 3. The van der Waals surface area contributed by atoms with Crippen LogP contribution in [0.2, 0.25) is 0 Å². The smallest absolute Gasteiger partial charge is 0.345 e. The monoisotopic (exact) mass is 438 g/mol. The van der Waals surface area contributed by atoms with Gasteiger partial charge in [0, 0.05) is 29.2 Å². The van der Waals surface area contributed by atoms with E-state index in [2.05, 4.69) is 20.1 Å². The fourth-order valence-corrected chi connectivity index (χ4v) is 4.47. The van der Waals surface area contributed by atoms with Gasteiger partial charge in [-0.25, -0.2) is 4.98 Å². The van der Waals surface area contributed by atoms with Crippen molar-refractivity contribution < 1.29 is 18.0 Å². The maximum absolute atomic E-state index is 13.0. The first-order valence-corrected chi connectivity index (χ1v) is 10.2. The molecular formula is C22H17F3N6O. The Kier molecular flexibility index (Phi) is 3.96. The van der Waals surface area contributed by atoms with Crippen LogP contribution >= 0.6 is 0 Å². The molecular weight excluding hydrogens is 421 g/mol. The third-order valence-corrected chi connectivity index (χ3v) is 6.22. The minimum absolute atomic E-state index is 0.0305. The van der Waals surface area contributed by atoms with Gasteiger partial charge in [-0.3, -0.25) is 9.78 Å². The summed E-state index contributed by atoms with van der Waals surface area (Å²) in [7, 11) is 0. The summed E-state index contributed by atoms with van der Waals surface area (Å²) in [6.45, 7) is 0. The number of β-lactam (4-membered cyclic amide) rings is 1. The van der Waals surface area contributed by atoms with E-state index in [0.717, 1.165) is 47.7 Å². The summed E-state index contributed by atoms with van der Waals surface area (Å²) >= 11 is 0. The molecule has 162 valence electrons. The number of carbonyl (C=O) groups is 1. The van der Waals surface area contributed by atoms with Crippen molar-refractivity contribution in [1.82, 2.24) is 24.7 Å². The molecule has 1 aliphatic heterocycles. The van der Waals surface area contributed by atoms with E-state index in [9.17, 15) is 18.0 Å². The molecule has 10 heteroatoms. The number of hydrogen-bond acceptors (Lipinski definition) is 4. The summed E-state index contributed by atoms with van der Waals surface area (Å²) in [5.74, 6) is 0.304. The Morgan fingerprint density at radius 2 is 1.88 bits per heavy atom. The second-order valence-corrected chi connectivity index (χ2v) is 8.23. The predicted molar refractivity (Wildman–Crippen MR) is 109 cm³/mol. The highest BCUT2D eigenvalue weighted by Gasteiger charge is 2.55. The van der Waals surface area contributed by atoms with Crippen LogP contribution in [0.25, 0.3) is 22.2 Å². The number of H-pyrrole nitrogens is 1. The summed E-state index contributed by atoms with van der Waals surface area (Å²) in [4.78, 5) is 26.6. The van der Waals surface area contributed by atoms with E-state index in [-0.39, 0.29) is 22.5 Å². The number of rotatable bonds is 4. The lowest BCUT2D eigenvalue weighted by Gasteiger charge is -2.47. The Labute approximate surface area is 179 Å². The van der Waals surface area contributed by atoms with E-state index in [0.29, 0.717) is 17.0 Å². The molecule has 0 bridgehead atoms. The van der Waals surface area contributed by atoms with Crippen LogP contribution in [0.15, 0.2) is 55.2 Å². The van der Waals surface area contributed by atoms with Gasteiger partial charge in [-0.1, -0.05) is 6.07 Å². The number of amides is 1. The lowest BCUT2D eigenvalue weighted by atomic mass is 9.80. The van der Waals surface area contributed by atoms with E-state index < -0.39 is 6.30 Å². The van der Waals surface area contributed by atoms with Gasteiger partial charge in [0.05, 0.1) is 41.2 Å². The van der Waals surface area contributed by atoms with Gasteiger partial charge < -0.3 is 9.88 Å². The number of carbonyl (C=O) groups excluding carboxylic acids is 1. The highest BCUT2D eigenvalue weighted by atomic mass is 19.4. The number of benzene rings is 1. The van der Waals surface area contributed by atoms with Crippen LogP contribution in [0.3, 0.4) is 0 Å². The van der Waals surface area contributed by atoms with E-state index in [1.165, 1.54) is 6.20 Å². The average Bonchev–Trinajstić information content (AvgIpc) is 3.26. The van der Waals surface area contributed by atoms with Gasteiger partial charge in [-0.15, -0.1) is 13.2 Å². The second kappa shape index (κ2) is 6.65. The number of imidazole rings is 1. The first-order valence-electron chi connectivity index (χ1n) is 10.2. The summed E-state index contributed by atoms with van der Waals surface area (Å²) in [5.41, 5.74) is 4.01. The number of nitrogens with zero attached hydrogens (tertiary/aromatic N) is 5. The van der Waals surface area contributed by atoms with Gasteiger partial charge in [0.2, 0.25) is 5.91 Å². The van der Waals surface area contributed by atoms with Crippen molar-refractivity contribution in [1.29, 1.82) is 0 Å². The molecule has 4 heterocycles. The molecule has 2 atom stereocenters. The molecule has 2 aliphatic rings. The van der Waals surface area contributed by atoms with Crippen molar-refractivity contribution >= 4 is 22.6 Å². The maximum atomic E-state index is 13.0.